The molecule has 3 aromatic rings. The number of piperidine rings is 1. The number of nitrogens with one attached hydrogen (secondary N) is 2. The maximum Gasteiger partial charge on any atom is 0.225 e. The maximum absolute atomic E-state index is 5.19. The normalized spacial score (nSPS) is 17.8. The van der Waals surface area contributed by atoms with Crippen LogP contribution in [0.25, 0.3) is 16.9 Å². The van der Waals surface area contributed by atoms with Gasteiger partial charge in [-0.05, 0) is 43.7 Å². The van der Waals surface area contributed by atoms with Gasteiger partial charge in [0.15, 0.2) is 11.2 Å². The number of hydrogen-bond acceptors (Lipinski definition) is 7. The van der Waals surface area contributed by atoms with E-state index in [1.807, 2.05) is 24.3 Å². The van der Waals surface area contributed by atoms with Crippen molar-refractivity contribution in [2.75, 3.05) is 25.5 Å². The first-order chi connectivity index (χ1) is 11.8. The van der Waals surface area contributed by atoms with Crippen LogP contribution in [0.2, 0.25) is 0 Å². The van der Waals surface area contributed by atoms with Crippen molar-refractivity contribution in [1.29, 1.82) is 0 Å². The van der Waals surface area contributed by atoms with E-state index in [1.54, 1.807) is 18.0 Å². The predicted molar refractivity (Wildman–Crippen MR) is 90.5 cm³/mol. The van der Waals surface area contributed by atoms with Crippen molar-refractivity contribution < 1.29 is 4.74 Å². The van der Waals surface area contributed by atoms with Gasteiger partial charge in [-0.15, -0.1) is 5.10 Å². The average molecular weight is 325 g/mol. The summed E-state index contributed by atoms with van der Waals surface area (Å²) in [6, 6.07) is 7.97. The van der Waals surface area contributed by atoms with E-state index in [1.165, 1.54) is 0 Å². The summed E-state index contributed by atoms with van der Waals surface area (Å²) in [5.41, 5.74) is 2.22. The molecule has 0 radical (unpaired) electrons. The number of rotatable bonds is 4. The summed E-state index contributed by atoms with van der Waals surface area (Å²) >= 11 is 0. The van der Waals surface area contributed by atoms with E-state index >= 15 is 0 Å². The molecule has 3 heterocycles. The second-order valence-electron chi connectivity index (χ2n) is 5.79. The quantitative estimate of drug-likeness (QED) is 0.749. The van der Waals surface area contributed by atoms with Gasteiger partial charge in [0.05, 0.1) is 19.0 Å². The van der Waals surface area contributed by atoms with Crippen molar-refractivity contribution in [2.45, 2.75) is 18.9 Å². The minimum atomic E-state index is 0.349. The SMILES string of the molecule is COc1ccc(-n2nnc3cnc(NC4CCCNC4)nc32)cc1. The number of benzene rings is 1. The van der Waals surface area contributed by atoms with E-state index in [4.69, 9.17) is 4.74 Å². The highest BCUT2D eigenvalue weighted by Gasteiger charge is 2.15. The maximum atomic E-state index is 5.19. The van der Waals surface area contributed by atoms with Crippen molar-refractivity contribution in [3.05, 3.63) is 30.5 Å². The van der Waals surface area contributed by atoms with Crippen LogP contribution in [-0.4, -0.2) is 51.2 Å². The monoisotopic (exact) mass is 325 g/mol. The largest absolute Gasteiger partial charge is 0.497 e. The Morgan fingerprint density at radius 3 is 2.92 bits per heavy atom. The second-order valence-corrected chi connectivity index (χ2v) is 5.79. The van der Waals surface area contributed by atoms with Crippen LogP contribution in [0.15, 0.2) is 30.5 Å². The van der Waals surface area contributed by atoms with Gasteiger partial charge in [-0.1, -0.05) is 5.21 Å². The molecule has 8 heteroatoms. The summed E-state index contributed by atoms with van der Waals surface area (Å²) in [7, 11) is 1.64. The average Bonchev–Trinajstić information content (AvgIpc) is 3.06. The highest BCUT2D eigenvalue weighted by molar-refractivity contribution is 5.72. The number of anilines is 1. The smallest absolute Gasteiger partial charge is 0.225 e. The Kier molecular flexibility index (Phi) is 3.96. The molecule has 24 heavy (non-hydrogen) atoms. The molecule has 0 aliphatic carbocycles. The molecule has 0 amide bonds. The first-order valence-corrected chi connectivity index (χ1v) is 8.03. The molecule has 4 rings (SSSR count). The molecule has 2 N–H and O–H groups in total. The Labute approximate surface area is 139 Å². The van der Waals surface area contributed by atoms with E-state index in [9.17, 15) is 0 Å². The fraction of sp³-hybridized carbons (Fsp3) is 0.375. The van der Waals surface area contributed by atoms with E-state index in [-0.39, 0.29) is 0 Å². The van der Waals surface area contributed by atoms with Crippen molar-refractivity contribution in [1.82, 2.24) is 30.3 Å². The molecule has 0 bridgehead atoms. The van der Waals surface area contributed by atoms with Gasteiger partial charge in [-0.2, -0.15) is 9.67 Å². The third-order valence-corrected chi connectivity index (χ3v) is 4.14. The lowest BCUT2D eigenvalue weighted by atomic mass is 10.1. The van der Waals surface area contributed by atoms with Crippen molar-refractivity contribution in [3.63, 3.8) is 0 Å². The lowest BCUT2D eigenvalue weighted by molar-refractivity contribution is 0.414. The van der Waals surface area contributed by atoms with Gasteiger partial charge in [-0.3, -0.25) is 0 Å². The lowest BCUT2D eigenvalue weighted by Crippen LogP contribution is -2.38. The Bertz CT molecular complexity index is 824. The van der Waals surface area contributed by atoms with Crippen LogP contribution >= 0.6 is 0 Å². The Morgan fingerprint density at radius 1 is 1.29 bits per heavy atom. The lowest BCUT2D eigenvalue weighted by Gasteiger charge is -2.23. The van der Waals surface area contributed by atoms with Crippen LogP contribution in [0.4, 0.5) is 5.95 Å². The third-order valence-electron chi connectivity index (χ3n) is 4.14. The van der Waals surface area contributed by atoms with Gasteiger partial charge < -0.3 is 15.4 Å². The van der Waals surface area contributed by atoms with Crippen LogP contribution in [0.5, 0.6) is 5.75 Å². The van der Waals surface area contributed by atoms with Crippen LogP contribution in [0, 0.1) is 0 Å². The zero-order valence-corrected chi connectivity index (χ0v) is 13.4. The summed E-state index contributed by atoms with van der Waals surface area (Å²) in [6.45, 7) is 2.00. The summed E-state index contributed by atoms with van der Waals surface area (Å²) in [4.78, 5) is 8.95. The number of methoxy groups -OCH3 is 1. The van der Waals surface area contributed by atoms with Crippen molar-refractivity contribution in [2.24, 2.45) is 0 Å². The summed E-state index contributed by atoms with van der Waals surface area (Å²) in [5.74, 6) is 1.40. The molecule has 1 aromatic carbocycles. The predicted octanol–water partition coefficient (Wildman–Crippen LogP) is 1.38. The molecule has 8 nitrogen and oxygen atoms in total. The van der Waals surface area contributed by atoms with Gasteiger partial charge in [0.2, 0.25) is 5.95 Å². The molecule has 1 atom stereocenters. The molecule has 0 spiro atoms. The van der Waals surface area contributed by atoms with E-state index in [0.717, 1.165) is 37.4 Å². The number of hydrogen-bond donors (Lipinski definition) is 2. The van der Waals surface area contributed by atoms with Crippen molar-refractivity contribution >= 4 is 17.1 Å². The topological polar surface area (TPSA) is 89.8 Å². The molecule has 0 saturated carbocycles. The summed E-state index contributed by atoms with van der Waals surface area (Å²) in [5, 5.41) is 15.1. The molecule has 1 aliphatic heterocycles. The first kappa shape index (κ1) is 14.8. The fourth-order valence-corrected chi connectivity index (χ4v) is 2.85. The third kappa shape index (κ3) is 2.88. The highest BCUT2D eigenvalue weighted by atomic mass is 16.5. The number of nitrogens with zero attached hydrogens (tertiary/aromatic N) is 5. The van der Waals surface area contributed by atoms with Gasteiger partial charge in [0.25, 0.3) is 0 Å². The zero-order valence-electron chi connectivity index (χ0n) is 13.4. The first-order valence-electron chi connectivity index (χ1n) is 8.03. The molecular formula is C16H19N7O. The Morgan fingerprint density at radius 2 is 2.17 bits per heavy atom. The fourth-order valence-electron chi connectivity index (χ4n) is 2.85. The molecule has 124 valence electrons. The standard InChI is InChI=1S/C16H19N7O/c1-24-13-6-4-12(5-7-13)23-15-14(21-22-23)10-18-16(20-15)19-11-3-2-8-17-9-11/h4-7,10-11,17H,2-3,8-9H2,1H3,(H,18,19,20). The van der Waals surface area contributed by atoms with E-state index < -0.39 is 0 Å². The molecule has 1 unspecified atom stereocenters. The van der Waals surface area contributed by atoms with Gasteiger partial charge in [-0.25, -0.2) is 4.98 Å². The number of aromatic nitrogens is 5. The van der Waals surface area contributed by atoms with Crippen LogP contribution < -0.4 is 15.4 Å². The summed E-state index contributed by atoms with van der Waals surface area (Å²) in [6.07, 6.45) is 3.98. The minimum Gasteiger partial charge on any atom is -0.497 e. The van der Waals surface area contributed by atoms with Gasteiger partial charge in [0.1, 0.15) is 5.75 Å². The van der Waals surface area contributed by atoms with Crippen LogP contribution in [0.3, 0.4) is 0 Å². The van der Waals surface area contributed by atoms with Crippen LogP contribution in [0.1, 0.15) is 12.8 Å². The van der Waals surface area contributed by atoms with Crippen molar-refractivity contribution in [3.8, 4) is 11.4 Å². The Balaban J connectivity index is 1.64. The Hall–Kier alpha value is -2.74. The molecule has 1 aliphatic rings. The summed E-state index contributed by atoms with van der Waals surface area (Å²) < 4.78 is 6.90. The van der Waals surface area contributed by atoms with E-state index in [2.05, 4.69) is 30.9 Å². The van der Waals surface area contributed by atoms with Crippen LogP contribution in [-0.2, 0) is 0 Å². The highest BCUT2D eigenvalue weighted by Crippen LogP contribution is 2.19. The number of ether oxygens (including phenoxy) is 1. The molecular weight excluding hydrogens is 306 g/mol. The molecule has 1 fully saturated rings. The number of fused-ring (bicyclic) bond motifs is 1. The molecule has 2 aromatic heterocycles. The second kappa shape index (κ2) is 6.40. The van der Waals surface area contributed by atoms with Gasteiger partial charge >= 0.3 is 0 Å². The molecule has 1 saturated heterocycles. The minimum absolute atomic E-state index is 0.349. The van der Waals surface area contributed by atoms with Gasteiger partial charge in [0, 0.05) is 12.6 Å². The zero-order chi connectivity index (χ0) is 16.4. The van der Waals surface area contributed by atoms with E-state index in [0.29, 0.717) is 23.2 Å².